The molecule has 0 aliphatic rings. The Bertz CT molecular complexity index is 470. The zero-order valence-corrected chi connectivity index (χ0v) is 10.0. The van der Waals surface area contributed by atoms with E-state index in [1.807, 2.05) is 43.6 Å². The SMILES string of the molecule is CNc1cccc(NC(C)c2cccnc2)n1. The highest BCUT2D eigenvalue weighted by Gasteiger charge is 2.05. The van der Waals surface area contributed by atoms with Crippen LogP contribution in [0.1, 0.15) is 18.5 Å². The number of nitrogens with one attached hydrogen (secondary N) is 2. The number of hydrogen-bond acceptors (Lipinski definition) is 4. The van der Waals surface area contributed by atoms with E-state index < -0.39 is 0 Å². The quantitative estimate of drug-likeness (QED) is 0.844. The van der Waals surface area contributed by atoms with Gasteiger partial charge in [0.15, 0.2) is 0 Å². The fourth-order valence-electron chi connectivity index (χ4n) is 1.59. The zero-order valence-electron chi connectivity index (χ0n) is 10.0. The largest absolute Gasteiger partial charge is 0.373 e. The summed E-state index contributed by atoms with van der Waals surface area (Å²) in [5.74, 6) is 1.71. The molecule has 2 rings (SSSR count). The van der Waals surface area contributed by atoms with Crippen LogP contribution in [0.25, 0.3) is 0 Å². The van der Waals surface area contributed by atoms with Crippen LogP contribution in [-0.2, 0) is 0 Å². The van der Waals surface area contributed by atoms with Gasteiger partial charge in [-0.25, -0.2) is 4.98 Å². The average Bonchev–Trinajstić information content (AvgIpc) is 2.40. The van der Waals surface area contributed by atoms with Gasteiger partial charge in [0.25, 0.3) is 0 Å². The average molecular weight is 228 g/mol. The second kappa shape index (κ2) is 5.30. The first kappa shape index (κ1) is 11.4. The van der Waals surface area contributed by atoms with E-state index in [0.717, 1.165) is 17.2 Å². The predicted molar refractivity (Wildman–Crippen MR) is 70.1 cm³/mol. The molecule has 2 N–H and O–H groups in total. The lowest BCUT2D eigenvalue weighted by Crippen LogP contribution is -2.08. The van der Waals surface area contributed by atoms with Crippen molar-refractivity contribution in [2.24, 2.45) is 0 Å². The monoisotopic (exact) mass is 228 g/mol. The second-order valence-corrected chi connectivity index (χ2v) is 3.81. The number of anilines is 2. The van der Waals surface area contributed by atoms with Gasteiger partial charge in [0.2, 0.25) is 0 Å². The molecule has 2 aromatic heterocycles. The number of hydrogen-bond donors (Lipinski definition) is 2. The summed E-state index contributed by atoms with van der Waals surface area (Å²) in [5, 5.41) is 6.36. The van der Waals surface area contributed by atoms with Crippen LogP contribution in [0, 0.1) is 0 Å². The highest BCUT2D eigenvalue weighted by atomic mass is 15.1. The van der Waals surface area contributed by atoms with Gasteiger partial charge in [-0.3, -0.25) is 4.98 Å². The second-order valence-electron chi connectivity index (χ2n) is 3.81. The molecule has 0 aromatic carbocycles. The Kier molecular flexibility index (Phi) is 3.55. The lowest BCUT2D eigenvalue weighted by Gasteiger charge is -2.14. The molecule has 2 aromatic rings. The van der Waals surface area contributed by atoms with Crippen LogP contribution in [-0.4, -0.2) is 17.0 Å². The van der Waals surface area contributed by atoms with E-state index in [1.54, 1.807) is 6.20 Å². The maximum Gasteiger partial charge on any atom is 0.128 e. The molecule has 1 unspecified atom stereocenters. The molecule has 0 saturated heterocycles. The van der Waals surface area contributed by atoms with Crippen molar-refractivity contribution in [3.63, 3.8) is 0 Å². The first-order valence-electron chi connectivity index (χ1n) is 5.61. The van der Waals surface area contributed by atoms with Crippen LogP contribution >= 0.6 is 0 Å². The molecule has 4 heteroatoms. The fraction of sp³-hybridized carbons (Fsp3) is 0.231. The third kappa shape index (κ3) is 2.93. The summed E-state index contributed by atoms with van der Waals surface area (Å²) in [4.78, 5) is 8.52. The summed E-state index contributed by atoms with van der Waals surface area (Å²) in [6.07, 6.45) is 3.63. The van der Waals surface area contributed by atoms with Crippen molar-refractivity contribution in [2.45, 2.75) is 13.0 Å². The van der Waals surface area contributed by atoms with Crippen LogP contribution < -0.4 is 10.6 Å². The van der Waals surface area contributed by atoms with E-state index in [-0.39, 0.29) is 6.04 Å². The molecule has 4 nitrogen and oxygen atoms in total. The molecule has 0 aliphatic carbocycles. The molecule has 0 spiro atoms. The van der Waals surface area contributed by atoms with Crippen molar-refractivity contribution < 1.29 is 0 Å². The highest BCUT2D eigenvalue weighted by Crippen LogP contribution is 2.17. The Hall–Kier alpha value is -2.10. The van der Waals surface area contributed by atoms with E-state index in [4.69, 9.17) is 0 Å². The molecule has 2 heterocycles. The lowest BCUT2D eigenvalue weighted by atomic mass is 10.1. The Morgan fingerprint density at radius 3 is 2.65 bits per heavy atom. The normalized spacial score (nSPS) is 11.9. The van der Waals surface area contributed by atoms with Gasteiger partial charge in [-0.2, -0.15) is 0 Å². The third-order valence-corrected chi connectivity index (χ3v) is 2.55. The standard InChI is InChI=1S/C13H16N4/c1-10(11-5-4-8-15-9-11)16-13-7-3-6-12(14-2)17-13/h3-10H,1-2H3,(H2,14,16,17). The van der Waals surface area contributed by atoms with Crippen molar-refractivity contribution in [1.29, 1.82) is 0 Å². The molecule has 0 fully saturated rings. The molecule has 0 bridgehead atoms. The minimum atomic E-state index is 0.184. The first-order chi connectivity index (χ1) is 8.29. The molecular formula is C13H16N4. The third-order valence-electron chi connectivity index (χ3n) is 2.55. The molecule has 88 valence electrons. The molecular weight excluding hydrogens is 212 g/mol. The summed E-state index contributed by atoms with van der Waals surface area (Å²) >= 11 is 0. The summed E-state index contributed by atoms with van der Waals surface area (Å²) < 4.78 is 0. The number of nitrogens with zero attached hydrogens (tertiary/aromatic N) is 2. The number of rotatable bonds is 4. The van der Waals surface area contributed by atoms with E-state index in [1.165, 1.54) is 0 Å². The Morgan fingerprint density at radius 2 is 1.94 bits per heavy atom. The molecule has 0 aliphatic heterocycles. The Balaban J connectivity index is 2.10. The summed E-state index contributed by atoms with van der Waals surface area (Å²) in [7, 11) is 1.86. The maximum absolute atomic E-state index is 4.41. The van der Waals surface area contributed by atoms with Crippen LogP contribution in [0.5, 0.6) is 0 Å². The van der Waals surface area contributed by atoms with Gasteiger partial charge in [-0.05, 0) is 30.7 Å². The molecule has 17 heavy (non-hydrogen) atoms. The van der Waals surface area contributed by atoms with E-state index in [0.29, 0.717) is 0 Å². The first-order valence-corrected chi connectivity index (χ1v) is 5.61. The molecule has 1 atom stereocenters. The fourth-order valence-corrected chi connectivity index (χ4v) is 1.59. The van der Waals surface area contributed by atoms with Crippen LogP contribution in [0.3, 0.4) is 0 Å². The predicted octanol–water partition coefficient (Wildman–Crippen LogP) is 2.69. The smallest absolute Gasteiger partial charge is 0.128 e. The van der Waals surface area contributed by atoms with E-state index in [9.17, 15) is 0 Å². The number of aromatic nitrogens is 2. The molecule has 0 amide bonds. The van der Waals surface area contributed by atoms with Gasteiger partial charge in [0.05, 0.1) is 6.04 Å². The van der Waals surface area contributed by atoms with Crippen molar-refractivity contribution in [1.82, 2.24) is 9.97 Å². The van der Waals surface area contributed by atoms with Gasteiger partial charge in [0, 0.05) is 19.4 Å². The van der Waals surface area contributed by atoms with Gasteiger partial charge in [0.1, 0.15) is 11.6 Å². The van der Waals surface area contributed by atoms with Crippen molar-refractivity contribution in [3.05, 3.63) is 48.3 Å². The minimum absolute atomic E-state index is 0.184. The Labute approximate surface area is 101 Å². The van der Waals surface area contributed by atoms with Gasteiger partial charge >= 0.3 is 0 Å². The Morgan fingerprint density at radius 1 is 1.12 bits per heavy atom. The summed E-state index contributed by atoms with van der Waals surface area (Å²) in [6, 6.07) is 10.0. The molecule has 0 radical (unpaired) electrons. The minimum Gasteiger partial charge on any atom is -0.373 e. The van der Waals surface area contributed by atoms with Crippen LogP contribution in [0.15, 0.2) is 42.7 Å². The van der Waals surface area contributed by atoms with Gasteiger partial charge in [-0.1, -0.05) is 12.1 Å². The number of pyridine rings is 2. The van der Waals surface area contributed by atoms with E-state index >= 15 is 0 Å². The molecule has 0 saturated carbocycles. The van der Waals surface area contributed by atoms with Gasteiger partial charge < -0.3 is 10.6 Å². The van der Waals surface area contributed by atoms with Crippen molar-refractivity contribution >= 4 is 11.6 Å². The highest BCUT2D eigenvalue weighted by molar-refractivity contribution is 5.45. The topological polar surface area (TPSA) is 49.8 Å². The zero-order chi connectivity index (χ0) is 12.1. The van der Waals surface area contributed by atoms with Crippen LogP contribution in [0.2, 0.25) is 0 Å². The summed E-state index contributed by atoms with van der Waals surface area (Å²) in [5.41, 5.74) is 1.14. The van der Waals surface area contributed by atoms with Crippen LogP contribution in [0.4, 0.5) is 11.6 Å². The summed E-state index contributed by atoms with van der Waals surface area (Å²) in [6.45, 7) is 2.09. The maximum atomic E-state index is 4.41. The van der Waals surface area contributed by atoms with Crippen molar-refractivity contribution in [2.75, 3.05) is 17.7 Å². The lowest BCUT2D eigenvalue weighted by molar-refractivity contribution is 0.866. The van der Waals surface area contributed by atoms with Gasteiger partial charge in [-0.15, -0.1) is 0 Å². The van der Waals surface area contributed by atoms with E-state index in [2.05, 4.69) is 27.5 Å². The van der Waals surface area contributed by atoms with Crippen molar-refractivity contribution in [3.8, 4) is 0 Å².